The Morgan fingerprint density at radius 1 is 1.58 bits per heavy atom. The number of nitrogens with one attached hydrogen (secondary N) is 2. The Hall–Kier alpha value is -1.09. The largest absolute Gasteiger partial charge is 0.359 e. The molecule has 1 rings (SSSR count). The Labute approximate surface area is 72.2 Å². The molecule has 0 amide bonds. The summed E-state index contributed by atoms with van der Waals surface area (Å²) in [6, 6.07) is 3.60. The van der Waals surface area contributed by atoms with Gasteiger partial charge in [0.15, 0.2) is 5.78 Å². The number of Topliss-reactive ketones (excluding diaryl/α,β-unsaturated/α-hetero) is 1. The van der Waals surface area contributed by atoms with E-state index in [9.17, 15) is 4.79 Å². The number of hydrogen-bond acceptors (Lipinski definition) is 2. The second-order valence-electron chi connectivity index (χ2n) is 3.29. The van der Waals surface area contributed by atoms with E-state index in [-0.39, 0.29) is 5.78 Å². The molecule has 0 saturated carbocycles. The van der Waals surface area contributed by atoms with Crippen molar-refractivity contribution in [2.24, 2.45) is 0 Å². The maximum atomic E-state index is 11.7. The van der Waals surface area contributed by atoms with Crippen molar-refractivity contribution in [3.8, 4) is 0 Å². The van der Waals surface area contributed by atoms with Crippen LogP contribution in [0.4, 0.5) is 0 Å². The van der Waals surface area contributed by atoms with Crippen LogP contribution in [-0.4, -0.2) is 23.4 Å². The van der Waals surface area contributed by atoms with Crippen molar-refractivity contribution in [1.29, 1.82) is 0 Å². The highest BCUT2D eigenvalue weighted by molar-refractivity contribution is 6.01. The fraction of sp³-hybridized carbons (Fsp3) is 0.444. The standard InChI is InChI=1S/C9H14N2O/c1-9(2,10-3)8(12)7-5-4-6-11-7/h4-6,10-11H,1-3H3. The van der Waals surface area contributed by atoms with Crippen molar-refractivity contribution in [3.63, 3.8) is 0 Å². The molecule has 0 bridgehead atoms. The van der Waals surface area contributed by atoms with Gasteiger partial charge in [-0.2, -0.15) is 0 Å². The Morgan fingerprint density at radius 2 is 2.25 bits per heavy atom. The molecule has 0 aromatic carbocycles. The molecule has 0 aliphatic heterocycles. The van der Waals surface area contributed by atoms with Crippen LogP contribution in [0, 0.1) is 0 Å². The van der Waals surface area contributed by atoms with Crippen LogP contribution in [0.15, 0.2) is 18.3 Å². The van der Waals surface area contributed by atoms with Gasteiger partial charge in [-0.15, -0.1) is 0 Å². The summed E-state index contributed by atoms with van der Waals surface area (Å²) in [5.41, 5.74) is 0.152. The number of aromatic nitrogens is 1. The zero-order valence-electron chi connectivity index (χ0n) is 7.64. The van der Waals surface area contributed by atoms with Crippen molar-refractivity contribution in [2.75, 3.05) is 7.05 Å². The summed E-state index contributed by atoms with van der Waals surface area (Å²) in [5.74, 6) is 0.0787. The van der Waals surface area contributed by atoms with Crippen molar-refractivity contribution < 1.29 is 4.79 Å². The summed E-state index contributed by atoms with van der Waals surface area (Å²) in [6.07, 6.45) is 1.75. The Kier molecular flexibility index (Phi) is 2.33. The molecule has 0 unspecified atom stereocenters. The first-order chi connectivity index (χ1) is 5.58. The number of carbonyl (C=O) groups excluding carboxylic acids is 1. The summed E-state index contributed by atoms with van der Waals surface area (Å²) in [7, 11) is 1.78. The summed E-state index contributed by atoms with van der Waals surface area (Å²) in [5, 5.41) is 2.96. The topological polar surface area (TPSA) is 44.9 Å². The fourth-order valence-corrected chi connectivity index (χ4v) is 0.922. The number of hydrogen-bond donors (Lipinski definition) is 2. The van der Waals surface area contributed by atoms with Crippen LogP contribution in [0.3, 0.4) is 0 Å². The molecule has 0 saturated heterocycles. The van der Waals surface area contributed by atoms with Gasteiger partial charge in [0.25, 0.3) is 0 Å². The Morgan fingerprint density at radius 3 is 2.67 bits per heavy atom. The van der Waals surface area contributed by atoms with Crippen LogP contribution in [0.25, 0.3) is 0 Å². The molecule has 1 aromatic heterocycles. The summed E-state index contributed by atoms with van der Waals surface area (Å²) >= 11 is 0. The van der Waals surface area contributed by atoms with E-state index in [0.29, 0.717) is 5.69 Å². The molecule has 0 aliphatic rings. The zero-order valence-corrected chi connectivity index (χ0v) is 7.64. The van der Waals surface area contributed by atoms with Crippen molar-refractivity contribution in [2.45, 2.75) is 19.4 Å². The first kappa shape index (κ1) is 9.00. The number of carbonyl (C=O) groups is 1. The van der Waals surface area contributed by atoms with Gasteiger partial charge in [-0.3, -0.25) is 4.79 Å². The van der Waals surface area contributed by atoms with E-state index in [2.05, 4.69) is 10.3 Å². The number of ketones is 1. The van der Waals surface area contributed by atoms with Crippen LogP contribution in [0.5, 0.6) is 0 Å². The lowest BCUT2D eigenvalue weighted by Gasteiger charge is -2.21. The molecule has 1 aromatic rings. The lowest BCUT2D eigenvalue weighted by atomic mass is 9.97. The highest BCUT2D eigenvalue weighted by atomic mass is 16.1. The minimum absolute atomic E-state index is 0.0787. The van der Waals surface area contributed by atoms with Crippen molar-refractivity contribution >= 4 is 5.78 Å². The van der Waals surface area contributed by atoms with E-state index >= 15 is 0 Å². The molecule has 3 nitrogen and oxygen atoms in total. The van der Waals surface area contributed by atoms with Gasteiger partial charge >= 0.3 is 0 Å². The van der Waals surface area contributed by atoms with E-state index < -0.39 is 5.54 Å². The molecular weight excluding hydrogens is 152 g/mol. The number of rotatable bonds is 3. The highest BCUT2D eigenvalue weighted by Crippen LogP contribution is 2.09. The van der Waals surface area contributed by atoms with Gasteiger partial charge in [-0.25, -0.2) is 0 Å². The van der Waals surface area contributed by atoms with Gasteiger partial charge in [0.1, 0.15) is 0 Å². The normalized spacial score (nSPS) is 11.6. The smallest absolute Gasteiger partial charge is 0.198 e. The van der Waals surface area contributed by atoms with Gasteiger partial charge in [-0.05, 0) is 33.0 Å². The molecule has 0 fully saturated rings. The highest BCUT2D eigenvalue weighted by Gasteiger charge is 2.26. The maximum Gasteiger partial charge on any atom is 0.198 e. The van der Waals surface area contributed by atoms with Gasteiger partial charge in [0.2, 0.25) is 0 Å². The molecular formula is C9H14N2O. The van der Waals surface area contributed by atoms with Crippen LogP contribution in [0.1, 0.15) is 24.3 Å². The van der Waals surface area contributed by atoms with E-state index in [1.165, 1.54) is 0 Å². The third-order valence-electron chi connectivity index (χ3n) is 2.04. The molecule has 0 atom stereocenters. The predicted octanol–water partition coefficient (Wildman–Crippen LogP) is 1.20. The Balaban J connectivity index is 2.86. The molecule has 12 heavy (non-hydrogen) atoms. The SMILES string of the molecule is CNC(C)(C)C(=O)c1ccc[nH]1. The van der Waals surface area contributed by atoms with Crippen molar-refractivity contribution in [3.05, 3.63) is 24.0 Å². The van der Waals surface area contributed by atoms with E-state index in [4.69, 9.17) is 0 Å². The minimum Gasteiger partial charge on any atom is -0.359 e. The van der Waals surface area contributed by atoms with Gasteiger partial charge in [0, 0.05) is 6.20 Å². The quantitative estimate of drug-likeness (QED) is 0.662. The van der Waals surface area contributed by atoms with E-state index in [0.717, 1.165) is 0 Å². The molecule has 1 heterocycles. The molecule has 0 spiro atoms. The van der Waals surface area contributed by atoms with Gasteiger partial charge in [0.05, 0.1) is 11.2 Å². The second kappa shape index (κ2) is 3.11. The van der Waals surface area contributed by atoms with Crippen molar-refractivity contribution in [1.82, 2.24) is 10.3 Å². The first-order valence-electron chi connectivity index (χ1n) is 3.95. The lowest BCUT2D eigenvalue weighted by molar-refractivity contribution is 0.0885. The van der Waals surface area contributed by atoms with E-state index in [1.54, 1.807) is 19.3 Å². The molecule has 66 valence electrons. The average Bonchev–Trinajstić information content (AvgIpc) is 2.55. The molecule has 2 N–H and O–H groups in total. The van der Waals surface area contributed by atoms with E-state index in [1.807, 2.05) is 19.9 Å². The van der Waals surface area contributed by atoms with Gasteiger partial charge < -0.3 is 10.3 Å². The molecule has 0 radical (unpaired) electrons. The molecule has 0 aliphatic carbocycles. The van der Waals surface area contributed by atoms with Crippen LogP contribution >= 0.6 is 0 Å². The number of H-pyrrole nitrogens is 1. The predicted molar refractivity (Wildman–Crippen MR) is 48.3 cm³/mol. The first-order valence-corrected chi connectivity index (χ1v) is 3.95. The fourth-order valence-electron chi connectivity index (χ4n) is 0.922. The third kappa shape index (κ3) is 1.56. The molecule has 3 heteroatoms. The van der Waals surface area contributed by atoms with Crippen LogP contribution < -0.4 is 5.32 Å². The Bertz CT molecular complexity index is 262. The van der Waals surface area contributed by atoms with Crippen LogP contribution in [0.2, 0.25) is 0 Å². The summed E-state index contributed by atoms with van der Waals surface area (Å²) < 4.78 is 0. The zero-order chi connectivity index (χ0) is 9.19. The minimum atomic E-state index is -0.495. The third-order valence-corrected chi connectivity index (χ3v) is 2.04. The van der Waals surface area contributed by atoms with Crippen LogP contribution in [-0.2, 0) is 0 Å². The average molecular weight is 166 g/mol. The number of likely N-dealkylation sites (N-methyl/N-ethyl adjacent to an activating group) is 1. The monoisotopic (exact) mass is 166 g/mol. The maximum absolute atomic E-state index is 11.7. The summed E-state index contributed by atoms with van der Waals surface area (Å²) in [6.45, 7) is 3.71. The number of aromatic amines is 1. The second-order valence-corrected chi connectivity index (χ2v) is 3.29. The van der Waals surface area contributed by atoms with Gasteiger partial charge in [-0.1, -0.05) is 0 Å². The summed E-state index contributed by atoms with van der Waals surface area (Å²) in [4.78, 5) is 14.6. The lowest BCUT2D eigenvalue weighted by Crippen LogP contribution is -2.44.